The third-order valence-corrected chi connectivity index (χ3v) is 7.62. The predicted octanol–water partition coefficient (Wildman–Crippen LogP) is 9.32. The number of halogens is 2. The first-order chi connectivity index (χ1) is 17.1. The molecule has 1 fully saturated rings. The first-order valence-electron chi connectivity index (χ1n) is 13.3. The van der Waals surface area contributed by atoms with Crippen molar-refractivity contribution in [3.05, 3.63) is 89.5 Å². The molecule has 0 amide bonds. The molecule has 1 nitrogen and oxygen atoms in total. The lowest BCUT2D eigenvalue weighted by atomic mass is 9.77. The summed E-state index contributed by atoms with van der Waals surface area (Å²) in [6.45, 7) is 5.96. The van der Waals surface area contributed by atoms with Gasteiger partial charge in [0.1, 0.15) is 6.61 Å². The Labute approximate surface area is 209 Å². The highest BCUT2D eigenvalue weighted by Crippen LogP contribution is 2.38. The normalized spacial score (nSPS) is 18.0. The average molecular weight is 477 g/mol. The van der Waals surface area contributed by atoms with Crippen LogP contribution in [0.15, 0.2) is 61.2 Å². The van der Waals surface area contributed by atoms with Gasteiger partial charge in [-0.2, -0.15) is 4.39 Å². The van der Waals surface area contributed by atoms with Gasteiger partial charge in [-0.3, -0.25) is 0 Å². The van der Waals surface area contributed by atoms with Gasteiger partial charge in [-0.25, -0.2) is 4.39 Å². The van der Waals surface area contributed by atoms with Crippen molar-refractivity contribution in [3.8, 4) is 5.75 Å². The maximum atomic E-state index is 14.7. The summed E-state index contributed by atoms with van der Waals surface area (Å²) in [5, 5.41) is 0.933. The van der Waals surface area contributed by atoms with E-state index in [9.17, 15) is 8.78 Å². The van der Waals surface area contributed by atoms with Crippen LogP contribution in [0.25, 0.3) is 10.8 Å². The van der Waals surface area contributed by atoms with Gasteiger partial charge in [-0.1, -0.05) is 81.7 Å². The van der Waals surface area contributed by atoms with Gasteiger partial charge >= 0.3 is 0 Å². The van der Waals surface area contributed by atoms with E-state index in [4.69, 9.17) is 4.74 Å². The first-order valence-corrected chi connectivity index (χ1v) is 13.3. The van der Waals surface area contributed by atoms with E-state index >= 15 is 0 Å². The largest absolute Gasteiger partial charge is 0.486 e. The van der Waals surface area contributed by atoms with Crippen molar-refractivity contribution in [1.82, 2.24) is 0 Å². The minimum Gasteiger partial charge on any atom is -0.486 e. The van der Waals surface area contributed by atoms with E-state index in [1.165, 1.54) is 68.6 Å². The van der Waals surface area contributed by atoms with Crippen molar-refractivity contribution < 1.29 is 13.5 Å². The molecule has 0 atom stereocenters. The lowest BCUT2D eigenvalue weighted by molar-refractivity contribution is 0.303. The number of ether oxygens (including phenoxy) is 1. The maximum Gasteiger partial charge on any atom is 0.201 e. The fourth-order valence-corrected chi connectivity index (χ4v) is 5.47. The van der Waals surface area contributed by atoms with Gasteiger partial charge in [-0.05, 0) is 84.6 Å². The monoisotopic (exact) mass is 476 g/mol. The Bertz CT molecular complexity index is 1110. The van der Waals surface area contributed by atoms with Crippen molar-refractivity contribution in [3.63, 3.8) is 0 Å². The van der Waals surface area contributed by atoms with E-state index in [0.717, 1.165) is 24.3 Å². The SMILES string of the molecule is C=CCOc1cc2ccc(CCc3ccc(C4CCC(CCCCC)CC4)cc3)cc2c(F)c1F. The molecular weight excluding hydrogens is 438 g/mol. The number of fused-ring (bicyclic) bond motifs is 1. The van der Waals surface area contributed by atoms with Gasteiger partial charge in [0.05, 0.1) is 0 Å². The molecule has 0 spiro atoms. The fraction of sp³-hybridized carbons (Fsp3) is 0.438. The van der Waals surface area contributed by atoms with Crippen LogP contribution in [-0.4, -0.2) is 6.61 Å². The summed E-state index contributed by atoms with van der Waals surface area (Å²) in [6.07, 6.45) is 14.0. The first kappa shape index (κ1) is 25.4. The minimum absolute atomic E-state index is 0.0762. The molecule has 0 unspecified atom stereocenters. The van der Waals surface area contributed by atoms with E-state index in [1.807, 2.05) is 12.1 Å². The summed E-state index contributed by atoms with van der Waals surface area (Å²) in [7, 11) is 0. The van der Waals surface area contributed by atoms with Crippen molar-refractivity contribution in [2.24, 2.45) is 5.92 Å². The third-order valence-electron chi connectivity index (χ3n) is 7.62. The molecule has 0 heterocycles. The summed E-state index contributed by atoms with van der Waals surface area (Å²) in [5.41, 5.74) is 3.75. The Hall–Kier alpha value is -2.68. The van der Waals surface area contributed by atoms with Crippen molar-refractivity contribution in [1.29, 1.82) is 0 Å². The van der Waals surface area contributed by atoms with Gasteiger partial charge in [0.15, 0.2) is 11.6 Å². The number of aryl methyl sites for hydroxylation is 2. The molecule has 35 heavy (non-hydrogen) atoms. The van der Waals surface area contributed by atoms with Crippen LogP contribution in [0, 0.1) is 17.6 Å². The summed E-state index contributed by atoms with van der Waals surface area (Å²) in [4.78, 5) is 0. The Morgan fingerprint density at radius 1 is 0.886 bits per heavy atom. The van der Waals surface area contributed by atoms with Gasteiger partial charge < -0.3 is 4.74 Å². The Morgan fingerprint density at radius 3 is 2.31 bits per heavy atom. The molecule has 0 saturated heterocycles. The van der Waals surface area contributed by atoms with Gasteiger partial charge in [-0.15, -0.1) is 0 Å². The second-order valence-corrected chi connectivity index (χ2v) is 10.1. The maximum absolute atomic E-state index is 14.7. The standard InChI is InChI=1S/C32H38F2O/c1-3-5-6-7-23-10-15-26(16-11-23)27-17-12-24(13-18-27)8-9-25-14-19-28-22-30(35-20-4-2)32(34)31(33)29(28)21-25/h4,12-14,17-19,21-23,26H,2-3,5-11,15-16,20H2,1H3. The Morgan fingerprint density at radius 2 is 1.60 bits per heavy atom. The highest BCUT2D eigenvalue weighted by Gasteiger charge is 2.22. The fourth-order valence-electron chi connectivity index (χ4n) is 5.47. The number of benzene rings is 3. The summed E-state index contributed by atoms with van der Waals surface area (Å²) in [6, 6.07) is 16.2. The topological polar surface area (TPSA) is 9.23 Å². The number of hydrogen-bond donors (Lipinski definition) is 0. The highest BCUT2D eigenvalue weighted by molar-refractivity contribution is 5.85. The van der Waals surface area contributed by atoms with Crippen LogP contribution in [-0.2, 0) is 12.8 Å². The van der Waals surface area contributed by atoms with E-state index in [2.05, 4.69) is 37.8 Å². The molecule has 4 rings (SSSR count). The Balaban J connectivity index is 1.34. The lowest BCUT2D eigenvalue weighted by Crippen LogP contribution is -2.13. The van der Waals surface area contributed by atoms with Crippen LogP contribution in [0.4, 0.5) is 8.78 Å². The van der Waals surface area contributed by atoms with E-state index < -0.39 is 11.6 Å². The van der Waals surface area contributed by atoms with Crippen LogP contribution < -0.4 is 4.74 Å². The van der Waals surface area contributed by atoms with Crippen LogP contribution >= 0.6 is 0 Å². The molecule has 1 aliphatic rings. The molecule has 0 aromatic heterocycles. The van der Waals surface area contributed by atoms with Gasteiger partial charge in [0.25, 0.3) is 0 Å². The van der Waals surface area contributed by atoms with Crippen molar-refractivity contribution in [2.75, 3.05) is 6.61 Å². The number of rotatable bonds is 11. The molecular formula is C32H38F2O. The van der Waals surface area contributed by atoms with E-state index in [-0.39, 0.29) is 12.4 Å². The van der Waals surface area contributed by atoms with E-state index in [1.54, 1.807) is 12.1 Å². The second kappa shape index (κ2) is 12.3. The smallest absolute Gasteiger partial charge is 0.201 e. The summed E-state index contributed by atoms with van der Waals surface area (Å²) < 4.78 is 34.3. The molecule has 3 aromatic rings. The van der Waals surface area contributed by atoms with Gasteiger partial charge in [0, 0.05) is 5.39 Å². The quantitative estimate of drug-likeness (QED) is 0.198. The number of hydrogen-bond acceptors (Lipinski definition) is 1. The predicted molar refractivity (Wildman–Crippen MR) is 142 cm³/mol. The zero-order chi connectivity index (χ0) is 24.6. The van der Waals surface area contributed by atoms with Crippen LogP contribution in [0.3, 0.4) is 0 Å². The van der Waals surface area contributed by atoms with Crippen LogP contribution in [0.2, 0.25) is 0 Å². The molecule has 186 valence electrons. The van der Waals surface area contributed by atoms with E-state index in [0.29, 0.717) is 16.7 Å². The van der Waals surface area contributed by atoms with Crippen molar-refractivity contribution in [2.45, 2.75) is 77.0 Å². The summed E-state index contributed by atoms with van der Waals surface area (Å²) in [5.74, 6) is -0.239. The minimum atomic E-state index is -0.943. The molecule has 0 aliphatic heterocycles. The number of unbranched alkanes of at least 4 members (excludes halogenated alkanes) is 2. The van der Waals surface area contributed by atoms with Crippen LogP contribution in [0.1, 0.15) is 80.9 Å². The third kappa shape index (κ3) is 6.51. The molecule has 1 saturated carbocycles. The van der Waals surface area contributed by atoms with Crippen molar-refractivity contribution >= 4 is 10.8 Å². The highest BCUT2D eigenvalue weighted by atomic mass is 19.2. The molecule has 0 radical (unpaired) electrons. The Kier molecular flexibility index (Phi) is 8.95. The summed E-state index contributed by atoms with van der Waals surface area (Å²) >= 11 is 0. The lowest BCUT2D eigenvalue weighted by Gasteiger charge is -2.29. The zero-order valence-corrected chi connectivity index (χ0v) is 21.0. The molecule has 0 bridgehead atoms. The average Bonchev–Trinajstić information content (AvgIpc) is 2.90. The zero-order valence-electron chi connectivity index (χ0n) is 21.0. The molecule has 3 heteroatoms. The molecule has 0 N–H and O–H groups in total. The van der Waals surface area contributed by atoms with Gasteiger partial charge in [0.2, 0.25) is 5.82 Å². The van der Waals surface area contributed by atoms with Crippen LogP contribution in [0.5, 0.6) is 5.75 Å². The second-order valence-electron chi connectivity index (χ2n) is 10.1. The molecule has 3 aromatic carbocycles. The molecule has 1 aliphatic carbocycles.